The van der Waals surface area contributed by atoms with Crippen LogP contribution >= 0.6 is 23.3 Å². The zero-order valence-corrected chi connectivity index (χ0v) is 23.6. The van der Waals surface area contributed by atoms with Crippen molar-refractivity contribution in [2.45, 2.75) is 18.0 Å². The molecular weight excluding hydrogens is 594 g/mol. The Labute approximate surface area is 244 Å². The molecule has 3 aromatic heterocycles. The third-order valence-electron chi connectivity index (χ3n) is 6.07. The standard InChI is InChI=1S/C22H23N11O7S2/c1-24-22(38)25-11-3-4-12-31(5-6-32(12)28-11)7-10-8-41-19-14(18(35)33(19)15(10)20(36)37)26-17(34)13(29-40-9-39-2)16-27-21(23)42-30-16/h3-6,14,19H,7-9H2,1-2H3,(H5-,23,24,25,26,27,28,30,34,36,37,38)/b29-13-/t14-,19-/m1/s1. The SMILES string of the molecule is CNC(=O)Nc1ccc2n(cc[n+]2CC2=C(C(=O)[O-])N3C(=O)[C@@H](NC(=O)/C(=N\OCOC)c4nsc(N)n4)[C@H]3SC2)n1. The van der Waals surface area contributed by atoms with E-state index in [0.717, 1.165) is 16.4 Å². The van der Waals surface area contributed by atoms with Gasteiger partial charge in [0.2, 0.25) is 18.3 Å². The molecule has 0 saturated carbocycles. The first-order chi connectivity index (χ1) is 20.2. The summed E-state index contributed by atoms with van der Waals surface area (Å²) < 4.78 is 12.0. The fraction of sp³-hybridized carbons (Fsp3) is 0.318. The third kappa shape index (κ3) is 5.53. The van der Waals surface area contributed by atoms with Crippen LogP contribution in [0.5, 0.6) is 0 Å². The summed E-state index contributed by atoms with van der Waals surface area (Å²) in [4.78, 5) is 60.0. The summed E-state index contributed by atoms with van der Waals surface area (Å²) in [5, 5.41) is 27.2. The summed E-state index contributed by atoms with van der Waals surface area (Å²) in [6.07, 6.45) is 3.33. The van der Waals surface area contributed by atoms with Crippen molar-refractivity contribution >= 4 is 69.4 Å². The number of thioether (sulfide) groups is 1. The van der Waals surface area contributed by atoms with Crippen LogP contribution in [0.3, 0.4) is 0 Å². The molecule has 1 saturated heterocycles. The number of amides is 4. The van der Waals surface area contributed by atoms with E-state index < -0.39 is 35.2 Å². The van der Waals surface area contributed by atoms with Crippen molar-refractivity contribution in [1.82, 2.24) is 34.5 Å². The molecule has 0 spiro atoms. The molecule has 5 heterocycles. The number of nitrogens with zero attached hydrogens (tertiary/aromatic N) is 7. The van der Waals surface area contributed by atoms with Gasteiger partial charge in [-0.2, -0.15) is 9.36 Å². The van der Waals surface area contributed by atoms with Gasteiger partial charge < -0.3 is 35.8 Å². The lowest BCUT2D eigenvalue weighted by atomic mass is 10.0. The average molecular weight is 618 g/mol. The first-order valence-electron chi connectivity index (χ1n) is 12.1. The monoisotopic (exact) mass is 617 g/mol. The summed E-state index contributed by atoms with van der Waals surface area (Å²) in [5.74, 6) is -2.54. The highest BCUT2D eigenvalue weighted by Crippen LogP contribution is 2.40. The van der Waals surface area contributed by atoms with Crippen LogP contribution in [0.1, 0.15) is 5.82 Å². The van der Waals surface area contributed by atoms with Crippen LogP contribution in [0.25, 0.3) is 5.65 Å². The highest BCUT2D eigenvalue weighted by atomic mass is 32.2. The number of hydrogen-bond acceptors (Lipinski definition) is 14. The van der Waals surface area contributed by atoms with Crippen molar-refractivity contribution < 1.29 is 38.4 Å². The Morgan fingerprint density at radius 3 is 2.83 bits per heavy atom. The molecule has 2 aliphatic heterocycles. The second kappa shape index (κ2) is 12.0. The number of nitrogens with two attached hydrogens (primary N) is 1. The molecule has 0 bridgehead atoms. The van der Waals surface area contributed by atoms with Gasteiger partial charge in [0, 0.05) is 43.1 Å². The van der Waals surface area contributed by atoms with E-state index in [4.69, 9.17) is 15.3 Å². The maximum atomic E-state index is 13.2. The van der Waals surface area contributed by atoms with E-state index in [-0.39, 0.29) is 41.5 Å². The molecule has 42 heavy (non-hydrogen) atoms. The van der Waals surface area contributed by atoms with Gasteiger partial charge in [0.25, 0.3) is 11.8 Å². The van der Waals surface area contributed by atoms with E-state index in [1.807, 2.05) is 0 Å². The van der Waals surface area contributed by atoms with Gasteiger partial charge in [-0.1, -0.05) is 14.8 Å². The van der Waals surface area contributed by atoms with E-state index in [0.29, 0.717) is 17.0 Å². The highest BCUT2D eigenvalue weighted by molar-refractivity contribution is 8.00. The van der Waals surface area contributed by atoms with Crippen LogP contribution in [0, 0.1) is 0 Å². The van der Waals surface area contributed by atoms with Gasteiger partial charge in [-0.25, -0.2) is 9.36 Å². The molecule has 2 aliphatic rings. The lowest BCUT2D eigenvalue weighted by molar-refractivity contribution is -0.662. The maximum Gasteiger partial charge on any atom is 0.320 e. The predicted octanol–water partition coefficient (Wildman–Crippen LogP) is -2.76. The number of oxime groups is 1. The zero-order chi connectivity index (χ0) is 30.0. The van der Waals surface area contributed by atoms with Gasteiger partial charge in [-0.05, 0) is 6.07 Å². The van der Waals surface area contributed by atoms with Crippen molar-refractivity contribution in [2.75, 3.05) is 37.8 Å². The Morgan fingerprint density at radius 2 is 2.14 bits per heavy atom. The van der Waals surface area contributed by atoms with Gasteiger partial charge in [0.05, 0.1) is 11.7 Å². The number of aliphatic carboxylic acids is 1. The minimum absolute atomic E-state index is 0.0906. The lowest BCUT2D eigenvalue weighted by Crippen LogP contribution is -2.71. The molecule has 4 amide bonds. The smallest absolute Gasteiger partial charge is 0.320 e. The first-order valence-corrected chi connectivity index (χ1v) is 13.9. The molecule has 18 nitrogen and oxygen atoms in total. The van der Waals surface area contributed by atoms with E-state index in [2.05, 4.69) is 35.6 Å². The third-order valence-corrected chi connectivity index (χ3v) is 7.96. The molecule has 2 atom stereocenters. The molecule has 0 aliphatic carbocycles. The fourth-order valence-electron chi connectivity index (χ4n) is 4.23. The van der Waals surface area contributed by atoms with Crippen molar-refractivity contribution in [3.63, 3.8) is 0 Å². The number of urea groups is 1. The largest absolute Gasteiger partial charge is 0.543 e. The normalized spacial score (nSPS) is 18.4. The first kappa shape index (κ1) is 28.7. The van der Waals surface area contributed by atoms with E-state index in [9.17, 15) is 24.3 Å². The Kier molecular flexibility index (Phi) is 8.17. The van der Waals surface area contributed by atoms with E-state index in [1.54, 1.807) is 29.1 Å². The van der Waals surface area contributed by atoms with Crippen molar-refractivity contribution in [1.29, 1.82) is 0 Å². The minimum Gasteiger partial charge on any atom is -0.543 e. The van der Waals surface area contributed by atoms with Crippen molar-refractivity contribution in [3.8, 4) is 0 Å². The van der Waals surface area contributed by atoms with Gasteiger partial charge >= 0.3 is 11.7 Å². The van der Waals surface area contributed by atoms with Crippen LogP contribution in [0.15, 0.2) is 41.0 Å². The molecule has 20 heteroatoms. The number of β-lactam (4-membered cyclic amide) rings is 1. The average Bonchev–Trinajstić information content (AvgIpc) is 3.58. The molecule has 0 unspecified atom stereocenters. The number of anilines is 2. The molecule has 5 rings (SSSR count). The van der Waals surface area contributed by atoms with E-state index >= 15 is 0 Å². The number of rotatable bonds is 10. The molecule has 0 radical (unpaired) electrons. The molecule has 0 aromatic carbocycles. The molecule has 3 aromatic rings. The molecule has 1 fully saturated rings. The molecule has 5 N–H and O–H groups in total. The number of methoxy groups -OCH3 is 1. The summed E-state index contributed by atoms with van der Waals surface area (Å²) >= 11 is 2.12. The number of nitrogen functional groups attached to an aromatic ring is 1. The number of carboxylic acids is 1. The summed E-state index contributed by atoms with van der Waals surface area (Å²) in [6, 6.07) is 1.82. The molecular formula is C22H23N11O7S2. The van der Waals surface area contributed by atoms with Crippen LogP contribution in [-0.4, -0.2) is 91.5 Å². The number of aromatic nitrogens is 5. The minimum atomic E-state index is -1.52. The van der Waals surface area contributed by atoms with Crippen LogP contribution < -0.4 is 31.4 Å². The number of hydrogen-bond donors (Lipinski definition) is 4. The Morgan fingerprint density at radius 1 is 1.33 bits per heavy atom. The van der Waals surface area contributed by atoms with Crippen LogP contribution in [0.4, 0.5) is 15.7 Å². The van der Waals surface area contributed by atoms with Crippen molar-refractivity contribution in [2.24, 2.45) is 5.16 Å². The molecule has 220 valence electrons. The topological polar surface area (TPSA) is 234 Å². The fourth-order valence-corrected chi connectivity index (χ4v) is 6.00. The number of imidazole rings is 1. The van der Waals surface area contributed by atoms with Crippen LogP contribution in [-0.2, 0) is 30.5 Å². The second-order valence-electron chi connectivity index (χ2n) is 8.68. The zero-order valence-electron chi connectivity index (χ0n) is 22.0. The quantitative estimate of drug-likeness (QED) is 0.0452. The Hall–Kier alpha value is -4.82. The van der Waals surface area contributed by atoms with Gasteiger partial charge in [-0.15, -0.1) is 11.8 Å². The Bertz CT molecular complexity index is 1640. The van der Waals surface area contributed by atoms with Gasteiger partial charge in [0.15, 0.2) is 17.1 Å². The second-order valence-corrected chi connectivity index (χ2v) is 10.6. The summed E-state index contributed by atoms with van der Waals surface area (Å²) in [5.41, 5.74) is 6.06. The number of ether oxygens (including phenoxy) is 1. The number of carboxylic acid groups (broad SMARTS) is 1. The lowest BCUT2D eigenvalue weighted by Gasteiger charge is -2.50. The van der Waals surface area contributed by atoms with E-state index in [1.165, 1.54) is 30.4 Å². The van der Waals surface area contributed by atoms with Crippen LogP contribution in [0.2, 0.25) is 0 Å². The summed E-state index contributed by atoms with van der Waals surface area (Å²) in [6.45, 7) is -0.137. The number of carbonyl (C=O) groups is 4. The predicted molar refractivity (Wildman–Crippen MR) is 144 cm³/mol. The van der Waals surface area contributed by atoms with Gasteiger partial charge in [-0.3, -0.25) is 19.8 Å². The van der Waals surface area contributed by atoms with Crippen molar-refractivity contribution in [3.05, 3.63) is 41.6 Å². The number of carbonyl (C=O) groups excluding carboxylic acids is 4. The summed E-state index contributed by atoms with van der Waals surface area (Å²) in [7, 11) is 2.85. The number of nitrogens with one attached hydrogen (secondary N) is 3. The Balaban J connectivity index is 1.34. The maximum absolute atomic E-state index is 13.2. The highest BCUT2D eigenvalue weighted by Gasteiger charge is 2.53. The van der Waals surface area contributed by atoms with Gasteiger partial charge in [0.1, 0.15) is 24.2 Å². The number of fused-ring (bicyclic) bond motifs is 2.